The minimum absolute atomic E-state index is 0.220. The molecule has 0 fully saturated rings. The van der Waals surface area contributed by atoms with Crippen LogP contribution in [0.1, 0.15) is 31.9 Å². The van der Waals surface area contributed by atoms with Crippen molar-refractivity contribution in [1.82, 2.24) is 25.0 Å². The van der Waals surface area contributed by atoms with Gasteiger partial charge in [-0.05, 0) is 31.5 Å². The third-order valence-electron chi connectivity index (χ3n) is 4.83. The van der Waals surface area contributed by atoms with Crippen molar-refractivity contribution in [2.45, 2.75) is 32.5 Å². The van der Waals surface area contributed by atoms with E-state index in [0.717, 1.165) is 0 Å². The van der Waals surface area contributed by atoms with Gasteiger partial charge in [0, 0.05) is 18.8 Å². The molecule has 1 aliphatic rings. The number of carbonyl (C=O) groups is 2. The molecule has 32 heavy (non-hydrogen) atoms. The van der Waals surface area contributed by atoms with Gasteiger partial charge < -0.3 is 14.8 Å². The predicted octanol–water partition coefficient (Wildman–Crippen LogP) is 3.34. The maximum atomic E-state index is 12.5. The van der Waals surface area contributed by atoms with Crippen molar-refractivity contribution in [2.75, 3.05) is 10.6 Å². The monoisotopic (exact) mass is 457 g/mol. The molecule has 0 bridgehead atoms. The maximum Gasteiger partial charge on any atom is 0.413 e. The van der Waals surface area contributed by atoms with Gasteiger partial charge in [0.1, 0.15) is 16.9 Å². The third kappa shape index (κ3) is 4.19. The number of aryl methyl sites for hydroxylation is 1. The summed E-state index contributed by atoms with van der Waals surface area (Å²) in [6.45, 7) is 3.53. The fraction of sp³-hybridized carbons (Fsp3) is 0.300. The molecule has 2 N–H and O–H groups in total. The first kappa shape index (κ1) is 21.5. The first-order valence-corrected chi connectivity index (χ1v) is 10.2. The second-order valence-electron chi connectivity index (χ2n) is 7.02. The van der Waals surface area contributed by atoms with Crippen LogP contribution in [0.25, 0.3) is 11.4 Å². The molecule has 2 atom stereocenters. The fourth-order valence-electron chi connectivity index (χ4n) is 3.15. The van der Waals surface area contributed by atoms with E-state index in [1.165, 1.54) is 4.68 Å². The molecule has 4 heterocycles. The summed E-state index contributed by atoms with van der Waals surface area (Å²) in [5, 5.41) is 13.7. The Bertz CT molecular complexity index is 1180. The Labute approximate surface area is 188 Å². The van der Waals surface area contributed by atoms with Crippen molar-refractivity contribution in [2.24, 2.45) is 7.05 Å². The average molecular weight is 458 g/mol. The highest BCUT2D eigenvalue weighted by Crippen LogP contribution is 2.33. The van der Waals surface area contributed by atoms with E-state index in [-0.39, 0.29) is 22.8 Å². The minimum Gasteiger partial charge on any atom is -0.463 e. The molecule has 0 aliphatic carbocycles. The fourth-order valence-corrected chi connectivity index (χ4v) is 3.42. The average Bonchev–Trinajstić information content (AvgIpc) is 3.13. The van der Waals surface area contributed by atoms with Crippen LogP contribution in [-0.4, -0.2) is 43.1 Å². The summed E-state index contributed by atoms with van der Waals surface area (Å²) in [5.41, 5.74) is 1.76. The summed E-state index contributed by atoms with van der Waals surface area (Å²) < 4.78 is 12.5. The molecule has 0 radical (unpaired) electrons. The standard InChI is InChI=1S/C20H20ClN7O4/c1-4-14-18(29)23-13-8-7-12(24-19(13)32-14)15-17(28(3)27-26-15)25-20(30)31-10(2)11-6-5-9-22-16(11)21/h5-10,14H,4H2,1-3H3,(H,23,29)(H,25,30)/t10-,14?/m1/s1. The zero-order valence-corrected chi connectivity index (χ0v) is 18.3. The number of amides is 2. The van der Waals surface area contributed by atoms with Gasteiger partial charge in [-0.1, -0.05) is 29.8 Å². The van der Waals surface area contributed by atoms with Gasteiger partial charge >= 0.3 is 6.09 Å². The van der Waals surface area contributed by atoms with Crippen LogP contribution in [0.2, 0.25) is 5.15 Å². The first-order chi connectivity index (χ1) is 15.4. The van der Waals surface area contributed by atoms with Crippen LogP contribution in [0.15, 0.2) is 30.5 Å². The third-order valence-corrected chi connectivity index (χ3v) is 5.15. The van der Waals surface area contributed by atoms with Crippen LogP contribution in [0.4, 0.5) is 16.3 Å². The molecule has 0 saturated carbocycles. The normalized spacial score (nSPS) is 15.9. The van der Waals surface area contributed by atoms with E-state index in [4.69, 9.17) is 21.1 Å². The number of hydrogen-bond acceptors (Lipinski definition) is 8. The molecule has 11 nitrogen and oxygen atoms in total. The SMILES string of the molecule is CCC1Oc2nc(-c3nnn(C)c3NC(=O)O[C@H](C)c3cccnc3Cl)ccc2NC1=O. The second kappa shape index (κ2) is 8.79. The summed E-state index contributed by atoms with van der Waals surface area (Å²) in [5.74, 6) is 0.328. The molecule has 0 spiro atoms. The number of hydrogen-bond donors (Lipinski definition) is 2. The van der Waals surface area contributed by atoms with Crippen LogP contribution in [0.5, 0.6) is 5.88 Å². The minimum atomic E-state index is -0.725. The zero-order chi connectivity index (χ0) is 22.8. The number of rotatable bonds is 5. The Balaban J connectivity index is 1.55. The molecular formula is C20H20ClN7O4. The highest BCUT2D eigenvalue weighted by atomic mass is 35.5. The first-order valence-electron chi connectivity index (χ1n) is 9.84. The van der Waals surface area contributed by atoms with Crippen molar-refractivity contribution in [1.29, 1.82) is 0 Å². The van der Waals surface area contributed by atoms with Crippen LogP contribution in [0.3, 0.4) is 0 Å². The number of nitrogens with one attached hydrogen (secondary N) is 2. The van der Waals surface area contributed by atoms with Gasteiger partial charge in [0.05, 0.1) is 5.69 Å². The van der Waals surface area contributed by atoms with Gasteiger partial charge in [-0.15, -0.1) is 5.10 Å². The molecular weight excluding hydrogens is 438 g/mol. The van der Waals surface area contributed by atoms with Crippen molar-refractivity contribution in [3.63, 3.8) is 0 Å². The lowest BCUT2D eigenvalue weighted by Gasteiger charge is -2.24. The lowest BCUT2D eigenvalue weighted by atomic mass is 10.2. The van der Waals surface area contributed by atoms with E-state index in [1.807, 2.05) is 6.92 Å². The number of carbonyl (C=O) groups excluding carboxylic acids is 2. The van der Waals surface area contributed by atoms with Gasteiger partial charge in [-0.2, -0.15) is 0 Å². The topological polar surface area (TPSA) is 133 Å². The van der Waals surface area contributed by atoms with Crippen molar-refractivity contribution in [3.8, 4) is 17.3 Å². The molecule has 1 unspecified atom stereocenters. The summed E-state index contributed by atoms with van der Waals surface area (Å²) in [4.78, 5) is 32.9. The number of ether oxygens (including phenoxy) is 2. The van der Waals surface area contributed by atoms with E-state index in [2.05, 4.69) is 30.9 Å². The predicted molar refractivity (Wildman–Crippen MR) is 115 cm³/mol. The smallest absolute Gasteiger partial charge is 0.413 e. The maximum absolute atomic E-state index is 12.5. The highest BCUT2D eigenvalue weighted by molar-refractivity contribution is 6.30. The van der Waals surface area contributed by atoms with E-state index < -0.39 is 18.3 Å². The van der Waals surface area contributed by atoms with Crippen molar-refractivity contribution >= 4 is 35.1 Å². The van der Waals surface area contributed by atoms with Gasteiger partial charge in [-0.25, -0.2) is 19.4 Å². The van der Waals surface area contributed by atoms with E-state index in [9.17, 15) is 9.59 Å². The summed E-state index contributed by atoms with van der Waals surface area (Å²) >= 11 is 6.07. The highest BCUT2D eigenvalue weighted by Gasteiger charge is 2.28. The van der Waals surface area contributed by atoms with E-state index in [0.29, 0.717) is 29.1 Å². The molecule has 0 saturated heterocycles. The molecule has 3 aromatic rings. The van der Waals surface area contributed by atoms with Crippen LogP contribution in [0, 0.1) is 0 Å². The molecule has 12 heteroatoms. The molecule has 0 aromatic carbocycles. The van der Waals surface area contributed by atoms with Gasteiger partial charge in [0.25, 0.3) is 5.91 Å². The number of fused-ring (bicyclic) bond motifs is 1. The Morgan fingerprint density at radius 2 is 2.22 bits per heavy atom. The molecule has 4 rings (SSSR count). The zero-order valence-electron chi connectivity index (χ0n) is 17.5. The number of anilines is 2. The van der Waals surface area contributed by atoms with Crippen LogP contribution < -0.4 is 15.4 Å². The number of halogens is 1. The Morgan fingerprint density at radius 3 is 2.97 bits per heavy atom. The Kier molecular flexibility index (Phi) is 5.91. The van der Waals surface area contributed by atoms with Gasteiger partial charge in [0.2, 0.25) is 5.88 Å². The molecule has 2 amide bonds. The number of nitrogens with zero attached hydrogens (tertiary/aromatic N) is 5. The van der Waals surface area contributed by atoms with Gasteiger partial charge in [0.15, 0.2) is 17.6 Å². The van der Waals surface area contributed by atoms with Crippen molar-refractivity contribution in [3.05, 3.63) is 41.2 Å². The molecule has 1 aliphatic heterocycles. The molecule has 166 valence electrons. The summed E-state index contributed by atoms with van der Waals surface area (Å²) in [7, 11) is 1.62. The quantitative estimate of drug-likeness (QED) is 0.557. The van der Waals surface area contributed by atoms with E-state index in [1.54, 1.807) is 44.4 Å². The largest absolute Gasteiger partial charge is 0.463 e. The van der Waals surface area contributed by atoms with Crippen molar-refractivity contribution < 1.29 is 19.1 Å². The number of pyridine rings is 2. The summed E-state index contributed by atoms with van der Waals surface area (Å²) in [6, 6.07) is 6.74. The van der Waals surface area contributed by atoms with Gasteiger partial charge in [-0.3, -0.25) is 10.1 Å². The van der Waals surface area contributed by atoms with Crippen LogP contribution >= 0.6 is 11.6 Å². The summed E-state index contributed by atoms with van der Waals surface area (Å²) in [6.07, 6.45) is 0.0678. The van der Waals surface area contributed by atoms with Crippen LogP contribution in [-0.2, 0) is 16.6 Å². The Morgan fingerprint density at radius 1 is 1.41 bits per heavy atom. The van der Waals surface area contributed by atoms with E-state index >= 15 is 0 Å². The number of aromatic nitrogens is 5. The Hall–Kier alpha value is -3.73. The second-order valence-corrected chi connectivity index (χ2v) is 7.38. The lowest BCUT2D eigenvalue weighted by molar-refractivity contribution is -0.123. The lowest BCUT2D eigenvalue weighted by Crippen LogP contribution is -2.36. The molecule has 3 aromatic heterocycles.